The molecule has 0 saturated carbocycles. The molecule has 0 N–H and O–H groups in total. The van der Waals surface area contributed by atoms with Gasteiger partial charge >= 0.3 is 5.97 Å². The van der Waals surface area contributed by atoms with E-state index in [1.54, 1.807) is 53.4 Å². The van der Waals surface area contributed by atoms with Crippen LogP contribution in [0.5, 0.6) is 5.75 Å². The third-order valence-corrected chi connectivity index (χ3v) is 6.85. The molecular formula is C23H18BrClN2O6S. The number of halogens is 2. The summed E-state index contributed by atoms with van der Waals surface area (Å²) in [5, 5.41) is 0.0161. The number of thioether (sulfide) groups is 1. The zero-order valence-corrected chi connectivity index (χ0v) is 20.8. The van der Waals surface area contributed by atoms with Gasteiger partial charge in [0, 0.05) is 18.1 Å². The van der Waals surface area contributed by atoms with Crippen molar-refractivity contribution in [2.45, 2.75) is 0 Å². The number of carbonyl (C=O) groups is 4. The predicted octanol–water partition coefficient (Wildman–Crippen LogP) is 4.22. The number of hydrogen-bond donors (Lipinski definition) is 0. The van der Waals surface area contributed by atoms with Crippen LogP contribution in [0, 0.1) is 0 Å². The van der Waals surface area contributed by atoms with Gasteiger partial charge in [0.05, 0.1) is 28.2 Å². The summed E-state index contributed by atoms with van der Waals surface area (Å²) in [4.78, 5) is 52.6. The van der Waals surface area contributed by atoms with Gasteiger partial charge in [0.1, 0.15) is 12.3 Å². The van der Waals surface area contributed by atoms with E-state index in [1.165, 1.54) is 0 Å². The smallest absolute Gasteiger partial charge is 0.343 e. The number of hydrogen-bond acceptors (Lipinski definition) is 7. The van der Waals surface area contributed by atoms with Gasteiger partial charge in [-0.1, -0.05) is 17.7 Å². The van der Waals surface area contributed by atoms with Crippen LogP contribution in [0.4, 0.5) is 4.79 Å². The molecule has 2 heterocycles. The van der Waals surface area contributed by atoms with Gasteiger partial charge in [-0.15, -0.1) is 0 Å². The van der Waals surface area contributed by atoms with Gasteiger partial charge < -0.3 is 14.4 Å². The lowest BCUT2D eigenvalue weighted by atomic mass is 10.2. The number of benzene rings is 2. The van der Waals surface area contributed by atoms with Crippen molar-refractivity contribution in [2.75, 3.05) is 32.8 Å². The molecule has 0 bridgehead atoms. The van der Waals surface area contributed by atoms with E-state index in [1.807, 2.05) is 0 Å². The highest BCUT2D eigenvalue weighted by Gasteiger charge is 2.37. The van der Waals surface area contributed by atoms with Crippen LogP contribution in [0.1, 0.15) is 15.9 Å². The van der Waals surface area contributed by atoms with E-state index in [0.29, 0.717) is 52.7 Å². The van der Waals surface area contributed by atoms with Gasteiger partial charge in [-0.05, 0) is 75.7 Å². The topological polar surface area (TPSA) is 93.2 Å². The second-order valence-electron chi connectivity index (χ2n) is 7.35. The van der Waals surface area contributed by atoms with Crippen LogP contribution in [-0.4, -0.2) is 65.7 Å². The molecule has 2 aromatic rings. The van der Waals surface area contributed by atoms with Crippen molar-refractivity contribution >= 4 is 68.4 Å². The third kappa shape index (κ3) is 5.69. The minimum absolute atomic E-state index is 0.206. The van der Waals surface area contributed by atoms with E-state index in [4.69, 9.17) is 21.1 Å². The quantitative estimate of drug-likeness (QED) is 0.304. The molecule has 11 heteroatoms. The molecule has 4 rings (SSSR count). The lowest BCUT2D eigenvalue weighted by molar-refractivity contribution is -0.139. The summed E-state index contributed by atoms with van der Waals surface area (Å²) in [5.74, 6) is -1.06. The van der Waals surface area contributed by atoms with E-state index < -0.39 is 17.1 Å². The number of rotatable bonds is 5. The summed E-state index contributed by atoms with van der Waals surface area (Å²) in [6.07, 6.45) is 1.56. The monoisotopic (exact) mass is 564 g/mol. The number of nitrogens with zero attached hydrogens (tertiary/aromatic N) is 2. The Labute approximate surface area is 212 Å². The largest absolute Gasteiger partial charge is 0.422 e. The molecule has 0 spiro atoms. The predicted molar refractivity (Wildman–Crippen MR) is 131 cm³/mol. The van der Waals surface area contributed by atoms with Crippen LogP contribution in [-0.2, 0) is 14.3 Å². The number of esters is 1. The molecule has 8 nitrogen and oxygen atoms in total. The standard InChI is InChI=1S/C23H18BrClN2O6S/c24-17-11-14(1-6-18(17)33-22(30)15-2-4-16(25)5-3-15)12-19-21(29)27(23(31)34-19)13-20(28)26-7-9-32-10-8-26/h1-6,11-12H,7-10,13H2/b19-12-. The van der Waals surface area contributed by atoms with Crippen molar-refractivity contribution in [3.63, 3.8) is 0 Å². The first-order chi connectivity index (χ1) is 16.3. The van der Waals surface area contributed by atoms with E-state index in [-0.39, 0.29) is 17.4 Å². The Morgan fingerprint density at radius 3 is 2.50 bits per heavy atom. The molecule has 0 aromatic heterocycles. The summed E-state index contributed by atoms with van der Waals surface area (Å²) < 4.78 is 11.1. The summed E-state index contributed by atoms with van der Waals surface area (Å²) in [7, 11) is 0. The maximum atomic E-state index is 12.7. The average molecular weight is 566 g/mol. The Balaban J connectivity index is 1.43. The Morgan fingerprint density at radius 1 is 1.12 bits per heavy atom. The molecule has 2 aromatic carbocycles. The fourth-order valence-electron chi connectivity index (χ4n) is 3.27. The fraction of sp³-hybridized carbons (Fsp3) is 0.217. The van der Waals surface area contributed by atoms with E-state index in [2.05, 4.69) is 15.9 Å². The molecule has 34 heavy (non-hydrogen) atoms. The third-order valence-electron chi connectivity index (χ3n) is 5.07. The normalized spacial score (nSPS) is 17.4. The van der Waals surface area contributed by atoms with Crippen LogP contribution < -0.4 is 4.74 Å². The van der Waals surface area contributed by atoms with E-state index in [0.717, 1.165) is 16.7 Å². The molecule has 0 unspecified atom stereocenters. The summed E-state index contributed by atoms with van der Waals surface area (Å²) in [6.45, 7) is 1.45. The molecule has 176 valence electrons. The van der Waals surface area contributed by atoms with Crippen LogP contribution in [0.2, 0.25) is 5.02 Å². The first-order valence-electron chi connectivity index (χ1n) is 10.2. The molecular weight excluding hydrogens is 548 g/mol. The Morgan fingerprint density at radius 2 is 1.82 bits per heavy atom. The van der Waals surface area contributed by atoms with Crippen molar-refractivity contribution in [2.24, 2.45) is 0 Å². The van der Waals surface area contributed by atoms with Gasteiger partial charge in [0.2, 0.25) is 5.91 Å². The molecule has 0 aliphatic carbocycles. The molecule has 2 fully saturated rings. The maximum absolute atomic E-state index is 12.7. The zero-order valence-electron chi connectivity index (χ0n) is 17.7. The highest BCUT2D eigenvalue weighted by Crippen LogP contribution is 2.34. The molecule has 2 aliphatic heterocycles. The van der Waals surface area contributed by atoms with Crippen molar-refractivity contribution < 1.29 is 28.7 Å². The number of ether oxygens (including phenoxy) is 2. The van der Waals surface area contributed by atoms with E-state index >= 15 is 0 Å². The number of amides is 3. The maximum Gasteiger partial charge on any atom is 0.343 e. The average Bonchev–Trinajstić information content (AvgIpc) is 3.09. The van der Waals surface area contributed by atoms with Crippen molar-refractivity contribution in [3.8, 4) is 5.75 Å². The number of morpholine rings is 1. The zero-order chi connectivity index (χ0) is 24.2. The van der Waals surface area contributed by atoms with Crippen molar-refractivity contribution in [1.29, 1.82) is 0 Å². The van der Waals surface area contributed by atoms with Gasteiger partial charge in [0.15, 0.2) is 0 Å². The lowest BCUT2D eigenvalue weighted by Gasteiger charge is -2.28. The lowest BCUT2D eigenvalue weighted by Crippen LogP contribution is -2.46. The second kappa shape index (κ2) is 10.7. The number of carbonyl (C=O) groups excluding carboxylic acids is 4. The molecule has 0 atom stereocenters. The SMILES string of the molecule is O=C(Oc1ccc(/C=C2\SC(=O)N(CC(=O)N3CCOCC3)C2=O)cc1Br)c1ccc(Cl)cc1. The summed E-state index contributed by atoms with van der Waals surface area (Å²) >= 11 is 9.98. The van der Waals surface area contributed by atoms with Gasteiger partial charge in [-0.2, -0.15) is 0 Å². The highest BCUT2D eigenvalue weighted by atomic mass is 79.9. The van der Waals surface area contributed by atoms with Crippen LogP contribution in [0.3, 0.4) is 0 Å². The minimum atomic E-state index is -0.545. The minimum Gasteiger partial charge on any atom is -0.422 e. The van der Waals surface area contributed by atoms with Gasteiger partial charge in [-0.25, -0.2) is 4.79 Å². The fourth-order valence-corrected chi connectivity index (χ4v) is 4.71. The molecule has 3 amide bonds. The van der Waals surface area contributed by atoms with Crippen LogP contribution in [0.15, 0.2) is 51.8 Å². The van der Waals surface area contributed by atoms with Crippen LogP contribution in [0.25, 0.3) is 6.08 Å². The highest BCUT2D eigenvalue weighted by molar-refractivity contribution is 9.10. The number of imide groups is 1. The van der Waals surface area contributed by atoms with Crippen molar-refractivity contribution in [1.82, 2.24) is 9.80 Å². The Hall–Kier alpha value is -2.66. The second-order valence-corrected chi connectivity index (χ2v) is 9.63. The molecule has 2 aliphatic rings. The molecule has 2 saturated heterocycles. The van der Waals surface area contributed by atoms with E-state index in [9.17, 15) is 19.2 Å². The summed E-state index contributed by atoms with van der Waals surface area (Å²) in [6, 6.07) is 11.2. The van der Waals surface area contributed by atoms with Crippen molar-refractivity contribution in [3.05, 3.63) is 68.0 Å². The first-order valence-corrected chi connectivity index (χ1v) is 12.2. The van der Waals surface area contributed by atoms with Gasteiger partial charge in [-0.3, -0.25) is 19.3 Å². The van der Waals surface area contributed by atoms with Gasteiger partial charge in [0.25, 0.3) is 11.1 Å². The molecule has 0 radical (unpaired) electrons. The first kappa shape index (κ1) is 24.5. The Bertz CT molecular complexity index is 1180. The summed E-state index contributed by atoms with van der Waals surface area (Å²) in [5.41, 5.74) is 0.962. The van der Waals surface area contributed by atoms with Crippen LogP contribution >= 0.6 is 39.3 Å². The Kier molecular flexibility index (Phi) is 7.72.